The molecule has 2 amide bonds. The van der Waals surface area contributed by atoms with Gasteiger partial charge in [-0.15, -0.1) is 0 Å². The SMILES string of the molecule is CN(Cc1ccccc1)C(=O)NCc1ccc(Oc2cccc(F)c2)nc1. The molecular formula is C21H20FN3O2. The Kier molecular flexibility index (Phi) is 5.99. The molecule has 3 rings (SSSR count). The number of nitrogens with zero attached hydrogens (tertiary/aromatic N) is 2. The average Bonchev–Trinajstić information content (AvgIpc) is 2.68. The molecule has 1 aromatic heterocycles. The van der Waals surface area contributed by atoms with Crippen molar-refractivity contribution < 1.29 is 13.9 Å². The van der Waals surface area contributed by atoms with E-state index in [4.69, 9.17) is 4.74 Å². The zero-order chi connectivity index (χ0) is 19.1. The molecule has 27 heavy (non-hydrogen) atoms. The minimum Gasteiger partial charge on any atom is -0.439 e. The van der Waals surface area contributed by atoms with Crippen LogP contribution in [0, 0.1) is 5.82 Å². The van der Waals surface area contributed by atoms with Gasteiger partial charge in [0, 0.05) is 38.5 Å². The lowest BCUT2D eigenvalue weighted by molar-refractivity contribution is 0.206. The summed E-state index contributed by atoms with van der Waals surface area (Å²) in [5, 5.41) is 2.85. The summed E-state index contributed by atoms with van der Waals surface area (Å²) in [6.07, 6.45) is 1.62. The summed E-state index contributed by atoms with van der Waals surface area (Å²) in [4.78, 5) is 18.0. The zero-order valence-corrected chi connectivity index (χ0v) is 14.9. The molecule has 0 fully saturated rings. The third-order valence-electron chi connectivity index (χ3n) is 3.87. The van der Waals surface area contributed by atoms with Crippen molar-refractivity contribution in [2.75, 3.05) is 7.05 Å². The number of benzene rings is 2. The third kappa shape index (κ3) is 5.54. The number of nitrogens with one attached hydrogen (secondary N) is 1. The Morgan fingerprint density at radius 3 is 2.59 bits per heavy atom. The molecule has 1 N–H and O–H groups in total. The molecule has 0 aliphatic heterocycles. The van der Waals surface area contributed by atoms with Crippen LogP contribution in [0.25, 0.3) is 0 Å². The molecule has 0 radical (unpaired) electrons. The lowest BCUT2D eigenvalue weighted by Gasteiger charge is -2.18. The number of pyridine rings is 1. The quantitative estimate of drug-likeness (QED) is 0.706. The predicted octanol–water partition coefficient (Wildman–Crippen LogP) is 4.35. The van der Waals surface area contributed by atoms with Crippen molar-refractivity contribution >= 4 is 6.03 Å². The largest absolute Gasteiger partial charge is 0.439 e. The third-order valence-corrected chi connectivity index (χ3v) is 3.87. The number of amides is 2. The first-order valence-electron chi connectivity index (χ1n) is 8.51. The topological polar surface area (TPSA) is 54.5 Å². The first-order chi connectivity index (χ1) is 13.1. The van der Waals surface area contributed by atoms with Gasteiger partial charge in [-0.05, 0) is 23.3 Å². The van der Waals surface area contributed by atoms with E-state index in [2.05, 4.69) is 10.3 Å². The fourth-order valence-electron chi connectivity index (χ4n) is 2.47. The molecular weight excluding hydrogens is 345 g/mol. The van der Waals surface area contributed by atoms with Gasteiger partial charge in [-0.1, -0.05) is 42.5 Å². The van der Waals surface area contributed by atoms with E-state index in [1.807, 2.05) is 30.3 Å². The summed E-state index contributed by atoms with van der Waals surface area (Å²) < 4.78 is 18.7. The van der Waals surface area contributed by atoms with E-state index < -0.39 is 0 Å². The molecule has 0 aliphatic carbocycles. The fraction of sp³-hybridized carbons (Fsp3) is 0.143. The minimum atomic E-state index is -0.369. The van der Waals surface area contributed by atoms with Gasteiger partial charge in [0.1, 0.15) is 11.6 Å². The summed E-state index contributed by atoms with van der Waals surface area (Å²) >= 11 is 0. The van der Waals surface area contributed by atoms with Crippen molar-refractivity contribution in [3.63, 3.8) is 0 Å². The van der Waals surface area contributed by atoms with Gasteiger partial charge in [0.25, 0.3) is 0 Å². The average molecular weight is 365 g/mol. The molecule has 0 aliphatic rings. The van der Waals surface area contributed by atoms with E-state index >= 15 is 0 Å². The Morgan fingerprint density at radius 1 is 1.07 bits per heavy atom. The van der Waals surface area contributed by atoms with Crippen molar-refractivity contribution in [1.82, 2.24) is 15.2 Å². The van der Waals surface area contributed by atoms with Crippen LogP contribution in [0.3, 0.4) is 0 Å². The highest BCUT2D eigenvalue weighted by Gasteiger charge is 2.09. The molecule has 2 aromatic carbocycles. The van der Waals surface area contributed by atoms with Crippen molar-refractivity contribution in [2.45, 2.75) is 13.1 Å². The molecule has 5 nitrogen and oxygen atoms in total. The number of halogens is 1. The van der Waals surface area contributed by atoms with E-state index in [-0.39, 0.29) is 11.8 Å². The maximum absolute atomic E-state index is 13.2. The van der Waals surface area contributed by atoms with Gasteiger partial charge in [-0.3, -0.25) is 0 Å². The number of hydrogen-bond donors (Lipinski definition) is 1. The molecule has 0 saturated heterocycles. The first kappa shape index (κ1) is 18.4. The Morgan fingerprint density at radius 2 is 1.89 bits per heavy atom. The first-order valence-corrected chi connectivity index (χ1v) is 8.51. The van der Waals surface area contributed by atoms with Crippen molar-refractivity contribution in [2.24, 2.45) is 0 Å². The van der Waals surface area contributed by atoms with E-state index in [0.29, 0.717) is 24.7 Å². The van der Waals surface area contributed by atoms with Crippen LogP contribution in [-0.2, 0) is 13.1 Å². The number of aromatic nitrogens is 1. The smallest absolute Gasteiger partial charge is 0.317 e. The highest BCUT2D eigenvalue weighted by molar-refractivity contribution is 5.73. The molecule has 0 bridgehead atoms. The molecule has 3 aromatic rings. The Hall–Kier alpha value is -3.41. The van der Waals surface area contributed by atoms with Crippen LogP contribution < -0.4 is 10.1 Å². The van der Waals surface area contributed by atoms with Gasteiger partial charge in [0.05, 0.1) is 0 Å². The standard InChI is InChI=1S/C21H20FN3O2/c1-25(15-16-6-3-2-4-7-16)21(26)24-14-17-10-11-20(23-13-17)27-19-9-5-8-18(22)12-19/h2-13H,14-15H2,1H3,(H,24,26). The highest BCUT2D eigenvalue weighted by atomic mass is 19.1. The minimum absolute atomic E-state index is 0.168. The van der Waals surface area contributed by atoms with Gasteiger partial charge in [0.2, 0.25) is 5.88 Å². The number of rotatable bonds is 6. The van der Waals surface area contributed by atoms with Crippen LogP contribution in [0.2, 0.25) is 0 Å². The molecule has 1 heterocycles. The van der Waals surface area contributed by atoms with Gasteiger partial charge in [-0.25, -0.2) is 14.2 Å². The summed E-state index contributed by atoms with van der Waals surface area (Å²) in [5.41, 5.74) is 1.90. The Bertz CT molecular complexity index is 885. The normalized spacial score (nSPS) is 10.3. The van der Waals surface area contributed by atoms with Gasteiger partial charge in [0.15, 0.2) is 0 Å². The van der Waals surface area contributed by atoms with Crippen molar-refractivity contribution in [3.8, 4) is 11.6 Å². The van der Waals surface area contributed by atoms with Crippen molar-refractivity contribution in [1.29, 1.82) is 0 Å². The van der Waals surface area contributed by atoms with Crippen LogP contribution in [0.5, 0.6) is 11.6 Å². The van der Waals surface area contributed by atoms with Crippen LogP contribution in [-0.4, -0.2) is 23.0 Å². The lowest BCUT2D eigenvalue weighted by Crippen LogP contribution is -2.36. The number of hydrogen-bond acceptors (Lipinski definition) is 3. The number of carbonyl (C=O) groups is 1. The van der Waals surface area contributed by atoms with Crippen LogP contribution in [0.1, 0.15) is 11.1 Å². The molecule has 6 heteroatoms. The fourth-order valence-corrected chi connectivity index (χ4v) is 2.47. The second-order valence-corrected chi connectivity index (χ2v) is 6.06. The molecule has 0 spiro atoms. The van der Waals surface area contributed by atoms with E-state index in [1.165, 1.54) is 12.1 Å². The van der Waals surface area contributed by atoms with Crippen LogP contribution in [0.4, 0.5) is 9.18 Å². The molecule has 0 unspecified atom stereocenters. The summed E-state index contributed by atoms with van der Waals surface area (Å²) in [6.45, 7) is 0.885. The highest BCUT2D eigenvalue weighted by Crippen LogP contribution is 2.20. The Balaban J connectivity index is 1.50. The predicted molar refractivity (Wildman–Crippen MR) is 101 cm³/mol. The lowest BCUT2D eigenvalue weighted by atomic mass is 10.2. The second kappa shape index (κ2) is 8.80. The van der Waals surface area contributed by atoms with Crippen LogP contribution >= 0.6 is 0 Å². The number of ether oxygens (including phenoxy) is 1. The summed E-state index contributed by atoms with van der Waals surface area (Å²) in [6, 6.07) is 19.0. The summed E-state index contributed by atoms with van der Waals surface area (Å²) in [7, 11) is 1.75. The maximum Gasteiger partial charge on any atom is 0.317 e. The molecule has 0 saturated carbocycles. The monoisotopic (exact) mass is 365 g/mol. The van der Waals surface area contributed by atoms with Gasteiger partial charge < -0.3 is 15.0 Å². The maximum atomic E-state index is 13.2. The second-order valence-electron chi connectivity index (χ2n) is 6.06. The van der Waals surface area contributed by atoms with Crippen molar-refractivity contribution in [3.05, 3.63) is 89.9 Å². The zero-order valence-electron chi connectivity index (χ0n) is 14.9. The van der Waals surface area contributed by atoms with E-state index in [9.17, 15) is 9.18 Å². The summed E-state index contributed by atoms with van der Waals surface area (Å²) in [5.74, 6) is 0.370. The van der Waals surface area contributed by atoms with Gasteiger partial charge >= 0.3 is 6.03 Å². The van der Waals surface area contributed by atoms with E-state index in [1.54, 1.807) is 42.4 Å². The number of urea groups is 1. The van der Waals surface area contributed by atoms with E-state index in [0.717, 1.165) is 11.1 Å². The van der Waals surface area contributed by atoms with Crippen LogP contribution in [0.15, 0.2) is 72.9 Å². The molecule has 138 valence electrons. The number of carbonyl (C=O) groups excluding carboxylic acids is 1. The Labute approximate surface area is 157 Å². The van der Waals surface area contributed by atoms with Gasteiger partial charge in [-0.2, -0.15) is 0 Å². The molecule has 0 atom stereocenters.